The zero-order valence-corrected chi connectivity index (χ0v) is 11.9. The molecule has 2 unspecified atom stereocenters. The lowest BCUT2D eigenvalue weighted by Gasteiger charge is -2.11. The highest BCUT2D eigenvalue weighted by atomic mass is 32.2. The van der Waals surface area contributed by atoms with Crippen LogP contribution in [0.5, 0.6) is 0 Å². The van der Waals surface area contributed by atoms with Crippen LogP contribution in [0.2, 0.25) is 0 Å². The van der Waals surface area contributed by atoms with E-state index in [9.17, 15) is 9.59 Å². The fourth-order valence-corrected chi connectivity index (χ4v) is 1.36. The second-order valence-electron chi connectivity index (χ2n) is 3.98. The zero-order valence-electron chi connectivity index (χ0n) is 11.1. The normalized spacial score (nSPS) is 14.9. The minimum atomic E-state index is -0.913. The number of hydrogen-bond donors (Lipinski definition) is 4. The molecule has 0 radical (unpaired) electrons. The van der Waals surface area contributed by atoms with Crippen molar-refractivity contribution >= 4 is 23.7 Å². The first-order valence-corrected chi connectivity index (χ1v) is 7.12. The van der Waals surface area contributed by atoms with Crippen LogP contribution in [-0.2, 0) is 9.59 Å². The molecule has 0 fully saturated rings. The molecule has 3 atom stereocenters. The van der Waals surface area contributed by atoms with Crippen molar-refractivity contribution < 1.29 is 19.8 Å². The molecule has 7 heteroatoms. The first-order chi connectivity index (χ1) is 8.27. The lowest BCUT2D eigenvalue weighted by Crippen LogP contribution is -2.36. The summed E-state index contributed by atoms with van der Waals surface area (Å²) < 4.78 is 0. The Morgan fingerprint density at radius 1 is 1.22 bits per heavy atom. The van der Waals surface area contributed by atoms with Crippen molar-refractivity contribution in [1.29, 1.82) is 0 Å². The number of thioether (sulfide) groups is 1. The van der Waals surface area contributed by atoms with Crippen molar-refractivity contribution in [2.45, 2.75) is 38.8 Å². The highest BCUT2D eigenvalue weighted by Crippen LogP contribution is 2.04. The van der Waals surface area contributed by atoms with Crippen molar-refractivity contribution in [3.8, 4) is 0 Å². The van der Waals surface area contributed by atoms with Gasteiger partial charge in [0.05, 0.1) is 0 Å². The molecule has 0 aromatic heterocycles. The molecule has 6 nitrogen and oxygen atoms in total. The molecule has 0 heterocycles. The predicted molar refractivity (Wildman–Crippen MR) is 73.7 cm³/mol. The summed E-state index contributed by atoms with van der Waals surface area (Å²) in [6, 6.07) is -1.38. The maximum Gasteiger partial charge on any atom is 0.320 e. The standard InChI is InChI=1S/C6H13NO2.C5H11NO2S/c1-3-4(2)5(7)6(8)9;1-9-3-2-4(6)5(7)8/h4-5H,3,7H2,1-2H3,(H,8,9);4H,2-3,6H2,1H3,(H,7,8)/t4?,5-;/m0./s1. The monoisotopic (exact) mass is 280 g/mol. The van der Waals surface area contributed by atoms with Gasteiger partial charge in [-0.1, -0.05) is 20.3 Å². The molecule has 0 aliphatic rings. The molecule has 18 heavy (non-hydrogen) atoms. The van der Waals surface area contributed by atoms with E-state index in [1.54, 1.807) is 11.8 Å². The summed E-state index contributed by atoms with van der Waals surface area (Å²) in [6.07, 6.45) is 3.29. The Hall–Kier alpha value is -0.790. The van der Waals surface area contributed by atoms with Crippen LogP contribution in [-0.4, -0.2) is 46.2 Å². The molecule has 0 rings (SSSR count). The van der Waals surface area contributed by atoms with E-state index < -0.39 is 24.0 Å². The van der Waals surface area contributed by atoms with Crippen LogP contribution in [0.25, 0.3) is 0 Å². The number of carboxylic acid groups (broad SMARTS) is 2. The van der Waals surface area contributed by atoms with Crippen LogP contribution in [0.15, 0.2) is 0 Å². The Morgan fingerprint density at radius 3 is 1.94 bits per heavy atom. The van der Waals surface area contributed by atoms with Gasteiger partial charge in [0.1, 0.15) is 12.1 Å². The summed E-state index contributed by atoms with van der Waals surface area (Å²) in [5, 5.41) is 16.6. The van der Waals surface area contributed by atoms with Gasteiger partial charge in [-0.3, -0.25) is 9.59 Å². The average molecular weight is 280 g/mol. The molecule has 0 saturated carbocycles. The summed E-state index contributed by atoms with van der Waals surface area (Å²) in [5.41, 5.74) is 10.5. The maximum absolute atomic E-state index is 10.2. The highest BCUT2D eigenvalue weighted by molar-refractivity contribution is 7.98. The number of carboxylic acids is 2. The topological polar surface area (TPSA) is 127 Å². The van der Waals surface area contributed by atoms with E-state index in [1.807, 2.05) is 20.1 Å². The summed E-state index contributed by atoms with van der Waals surface area (Å²) in [4.78, 5) is 20.2. The quantitative estimate of drug-likeness (QED) is 0.537. The minimum absolute atomic E-state index is 0.0718. The van der Waals surface area contributed by atoms with Gasteiger partial charge < -0.3 is 21.7 Å². The fraction of sp³-hybridized carbons (Fsp3) is 0.818. The second kappa shape index (κ2) is 11.3. The predicted octanol–water partition coefficient (Wildman–Crippen LogP) is 0.596. The van der Waals surface area contributed by atoms with Crippen LogP contribution in [0, 0.1) is 5.92 Å². The van der Waals surface area contributed by atoms with Gasteiger partial charge in [-0.25, -0.2) is 0 Å². The van der Waals surface area contributed by atoms with E-state index in [0.29, 0.717) is 6.42 Å². The number of carbonyl (C=O) groups is 2. The van der Waals surface area contributed by atoms with Gasteiger partial charge in [-0.2, -0.15) is 11.8 Å². The zero-order chi connectivity index (χ0) is 14.7. The molecule has 0 bridgehead atoms. The largest absolute Gasteiger partial charge is 0.480 e. The molecular formula is C11H24N2O4S. The third-order valence-corrected chi connectivity index (χ3v) is 3.14. The van der Waals surface area contributed by atoms with E-state index in [4.69, 9.17) is 21.7 Å². The molecule has 108 valence electrons. The SMILES string of the molecule is CCC(C)[C@H](N)C(=O)O.CSCCC(N)C(=O)O. The molecule has 0 amide bonds. The molecule has 0 aliphatic heterocycles. The van der Waals surface area contributed by atoms with Gasteiger partial charge in [-0.05, 0) is 24.3 Å². The third kappa shape index (κ3) is 10.4. The Morgan fingerprint density at radius 2 is 1.72 bits per heavy atom. The fourth-order valence-electron chi connectivity index (χ4n) is 0.866. The van der Waals surface area contributed by atoms with Gasteiger partial charge in [-0.15, -0.1) is 0 Å². The van der Waals surface area contributed by atoms with E-state index in [0.717, 1.165) is 12.2 Å². The molecule has 0 aromatic rings. The Bertz CT molecular complexity index is 251. The van der Waals surface area contributed by atoms with Crippen molar-refractivity contribution in [2.75, 3.05) is 12.0 Å². The Labute approximate surface area is 112 Å². The van der Waals surface area contributed by atoms with Crippen molar-refractivity contribution in [3.63, 3.8) is 0 Å². The van der Waals surface area contributed by atoms with Crippen LogP contribution in [0.4, 0.5) is 0 Å². The van der Waals surface area contributed by atoms with Crippen LogP contribution in [0.3, 0.4) is 0 Å². The van der Waals surface area contributed by atoms with Crippen LogP contribution < -0.4 is 11.5 Å². The van der Waals surface area contributed by atoms with Crippen molar-refractivity contribution in [1.82, 2.24) is 0 Å². The summed E-state index contributed by atoms with van der Waals surface area (Å²) >= 11 is 1.60. The van der Waals surface area contributed by atoms with Crippen LogP contribution >= 0.6 is 11.8 Å². The average Bonchev–Trinajstić information content (AvgIpc) is 2.34. The molecule has 0 saturated heterocycles. The van der Waals surface area contributed by atoms with Gasteiger partial charge in [0.25, 0.3) is 0 Å². The van der Waals surface area contributed by atoms with Gasteiger partial charge >= 0.3 is 11.9 Å². The number of nitrogens with two attached hydrogens (primary N) is 2. The third-order valence-electron chi connectivity index (χ3n) is 2.49. The summed E-state index contributed by atoms with van der Waals surface area (Å²) in [7, 11) is 0. The van der Waals surface area contributed by atoms with E-state index >= 15 is 0 Å². The number of rotatable bonds is 7. The maximum atomic E-state index is 10.2. The smallest absolute Gasteiger partial charge is 0.320 e. The number of aliphatic carboxylic acids is 2. The minimum Gasteiger partial charge on any atom is -0.480 e. The van der Waals surface area contributed by atoms with Crippen molar-refractivity contribution in [2.24, 2.45) is 17.4 Å². The molecule has 0 aliphatic carbocycles. The van der Waals surface area contributed by atoms with Crippen LogP contribution in [0.1, 0.15) is 26.7 Å². The lowest BCUT2D eigenvalue weighted by atomic mass is 10.0. The van der Waals surface area contributed by atoms with E-state index in [2.05, 4.69) is 0 Å². The highest BCUT2D eigenvalue weighted by Gasteiger charge is 2.17. The Kier molecular flexibility index (Phi) is 12.3. The first kappa shape index (κ1) is 19.5. The molecular weight excluding hydrogens is 256 g/mol. The van der Waals surface area contributed by atoms with Gasteiger partial charge in [0.2, 0.25) is 0 Å². The number of hydrogen-bond acceptors (Lipinski definition) is 5. The summed E-state index contributed by atoms with van der Waals surface area (Å²) in [5.74, 6) is -0.941. The molecule has 0 spiro atoms. The second-order valence-corrected chi connectivity index (χ2v) is 4.96. The van der Waals surface area contributed by atoms with Crippen molar-refractivity contribution in [3.05, 3.63) is 0 Å². The first-order valence-electron chi connectivity index (χ1n) is 5.73. The molecule has 6 N–H and O–H groups in total. The lowest BCUT2D eigenvalue weighted by molar-refractivity contribution is -0.140. The van der Waals surface area contributed by atoms with Gasteiger partial charge in [0, 0.05) is 0 Å². The Balaban J connectivity index is 0. The van der Waals surface area contributed by atoms with Gasteiger partial charge in [0.15, 0.2) is 0 Å². The van der Waals surface area contributed by atoms with E-state index in [1.165, 1.54) is 0 Å². The van der Waals surface area contributed by atoms with E-state index in [-0.39, 0.29) is 5.92 Å². The molecule has 0 aromatic carbocycles. The summed E-state index contributed by atoms with van der Waals surface area (Å²) in [6.45, 7) is 3.76.